The van der Waals surface area contributed by atoms with Gasteiger partial charge < -0.3 is 4.74 Å². The predicted molar refractivity (Wildman–Crippen MR) is 66.5 cm³/mol. The molecular weight excluding hydrogens is 200 g/mol. The van der Waals surface area contributed by atoms with Gasteiger partial charge in [-0.2, -0.15) is 0 Å². The van der Waals surface area contributed by atoms with E-state index in [4.69, 9.17) is 4.74 Å². The Balaban J connectivity index is 2.82. The van der Waals surface area contributed by atoms with Gasteiger partial charge in [-0.15, -0.1) is 0 Å². The molecule has 1 rings (SSSR count). The molecule has 0 aliphatic heterocycles. The first kappa shape index (κ1) is 13.7. The van der Waals surface area contributed by atoms with Gasteiger partial charge in [0.1, 0.15) is 5.60 Å². The molecule has 0 N–H and O–H groups in total. The van der Waals surface area contributed by atoms with E-state index in [2.05, 4.69) is 27.7 Å². The lowest BCUT2D eigenvalue weighted by atomic mass is 9.70. The fourth-order valence-electron chi connectivity index (χ4n) is 2.78. The molecule has 1 aliphatic rings. The van der Waals surface area contributed by atoms with E-state index >= 15 is 0 Å². The van der Waals surface area contributed by atoms with Crippen LogP contribution < -0.4 is 0 Å². The largest absolute Gasteiger partial charge is 0.370 e. The zero-order valence-corrected chi connectivity index (χ0v) is 11.4. The van der Waals surface area contributed by atoms with Crippen molar-refractivity contribution >= 4 is 5.78 Å². The second kappa shape index (κ2) is 4.87. The minimum atomic E-state index is -0.495. The first-order valence-electron chi connectivity index (χ1n) is 6.40. The summed E-state index contributed by atoms with van der Waals surface area (Å²) in [5.41, 5.74) is -0.439. The van der Waals surface area contributed by atoms with Crippen LogP contribution in [0.4, 0.5) is 0 Å². The minimum absolute atomic E-state index is 0.0553. The Morgan fingerprint density at radius 3 is 2.44 bits per heavy atom. The van der Waals surface area contributed by atoms with Crippen LogP contribution in [0.3, 0.4) is 0 Å². The van der Waals surface area contributed by atoms with Crippen LogP contribution >= 0.6 is 0 Å². The van der Waals surface area contributed by atoms with Gasteiger partial charge in [0, 0.05) is 13.5 Å². The Kier molecular flexibility index (Phi) is 4.17. The lowest BCUT2D eigenvalue weighted by Gasteiger charge is -2.41. The van der Waals surface area contributed by atoms with Crippen LogP contribution in [0.5, 0.6) is 0 Å². The van der Waals surface area contributed by atoms with Crippen molar-refractivity contribution < 1.29 is 9.53 Å². The van der Waals surface area contributed by atoms with Crippen LogP contribution in [0.15, 0.2) is 0 Å². The Morgan fingerprint density at radius 1 is 1.38 bits per heavy atom. The van der Waals surface area contributed by atoms with Crippen LogP contribution in [0.25, 0.3) is 0 Å². The van der Waals surface area contributed by atoms with Gasteiger partial charge in [-0.05, 0) is 24.2 Å². The predicted octanol–water partition coefficient (Wildman–Crippen LogP) is 3.59. The molecule has 0 spiro atoms. The molecule has 0 saturated heterocycles. The molecule has 0 heterocycles. The molecule has 2 nitrogen and oxygen atoms in total. The number of hydrogen-bond donors (Lipinski definition) is 0. The lowest BCUT2D eigenvalue weighted by molar-refractivity contribution is -0.154. The van der Waals surface area contributed by atoms with E-state index in [9.17, 15) is 4.79 Å². The van der Waals surface area contributed by atoms with Crippen LogP contribution in [0.1, 0.15) is 59.8 Å². The number of methoxy groups -OCH3 is 1. The maximum atomic E-state index is 12.5. The molecule has 1 aliphatic carbocycles. The highest BCUT2D eigenvalue weighted by Crippen LogP contribution is 2.39. The molecule has 0 bridgehead atoms. The molecule has 0 aromatic rings. The van der Waals surface area contributed by atoms with Crippen molar-refractivity contribution in [2.45, 2.75) is 65.4 Å². The van der Waals surface area contributed by atoms with Crippen LogP contribution in [-0.4, -0.2) is 18.5 Å². The standard InChI is InChI=1S/C14H26O2/c1-11-8-6-7-9-14(11,16-5)12(15)10-13(2,3)4/h11H,6-10H2,1-5H3. The van der Waals surface area contributed by atoms with Gasteiger partial charge in [-0.25, -0.2) is 0 Å². The number of Topliss-reactive ketones (excluding diaryl/α,β-unsaturated/α-hetero) is 1. The summed E-state index contributed by atoms with van der Waals surface area (Å²) in [4.78, 5) is 12.5. The van der Waals surface area contributed by atoms with Gasteiger partial charge in [0.2, 0.25) is 0 Å². The first-order valence-corrected chi connectivity index (χ1v) is 6.40. The number of ether oxygens (including phenoxy) is 1. The van der Waals surface area contributed by atoms with E-state index in [-0.39, 0.29) is 5.41 Å². The molecule has 94 valence electrons. The van der Waals surface area contributed by atoms with E-state index in [1.807, 2.05) is 0 Å². The van der Waals surface area contributed by atoms with E-state index in [0.717, 1.165) is 19.3 Å². The summed E-state index contributed by atoms with van der Waals surface area (Å²) < 4.78 is 5.65. The number of hydrogen-bond acceptors (Lipinski definition) is 2. The van der Waals surface area contributed by atoms with Crippen molar-refractivity contribution in [1.82, 2.24) is 0 Å². The smallest absolute Gasteiger partial charge is 0.165 e. The first-order chi connectivity index (χ1) is 7.32. The van der Waals surface area contributed by atoms with Crippen molar-refractivity contribution in [3.63, 3.8) is 0 Å². The molecule has 2 unspecified atom stereocenters. The number of carbonyl (C=O) groups excluding carboxylic acids is 1. The van der Waals surface area contributed by atoms with Crippen LogP contribution in [0, 0.1) is 11.3 Å². The Labute approximate surface area is 99.8 Å². The molecule has 1 saturated carbocycles. The Bertz CT molecular complexity index is 252. The second-order valence-corrected chi connectivity index (χ2v) is 6.40. The Hall–Kier alpha value is -0.370. The molecule has 0 aromatic heterocycles. The summed E-state index contributed by atoms with van der Waals surface area (Å²) in [5.74, 6) is 0.663. The van der Waals surface area contributed by atoms with E-state index in [1.165, 1.54) is 6.42 Å². The maximum absolute atomic E-state index is 12.5. The SMILES string of the molecule is COC1(C(=O)CC(C)(C)C)CCCCC1C. The average molecular weight is 226 g/mol. The third-order valence-electron chi connectivity index (χ3n) is 3.76. The fourth-order valence-corrected chi connectivity index (χ4v) is 2.78. The third kappa shape index (κ3) is 2.85. The van der Waals surface area contributed by atoms with Gasteiger partial charge in [0.15, 0.2) is 5.78 Å². The molecule has 2 heteroatoms. The molecule has 0 aromatic carbocycles. The normalized spacial score (nSPS) is 31.4. The number of ketones is 1. The van der Waals surface area contributed by atoms with E-state index in [0.29, 0.717) is 18.1 Å². The average Bonchev–Trinajstić information content (AvgIpc) is 2.16. The molecular formula is C14H26O2. The van der Waals surface area contributed by atoms with Gasteiger partial charge in [0.05, 0.1) is 0 Å². The fraction of sp³-hybridized carbons (Fsp3) is 0.929. The second-order valence-electron chi connectivity index (χ2n) is 6.40. The molecule has 2 atom stereocenters. The van der Waals surface area contributed by atoms with E-state index in [1.54, 1.807) is 7.11 Å². The summed E-state index contributed by atoms with van der Waals surface area (Å²) in [6.45, 7) is 8.49. The van der Waals surface area contributed by atoms with Crippen molar-refractivity contribution in [2.75, 3.05) is 7.11 Å². The molecule has 16 heavy (non-hydrogen) atoms. The monoisotopic (exact) mass is 226 g/mol. The van der Waals surface area contributed by atoms with Crippen molar-refractivity contribution in [1.29, 1.82) is 0 Å². The van der Waals surface area contributed by atoms with Gasteiger partial charge in [-0.1, -0.05) is 40.5 Å². The highest BCUT2D eigenvalue weighted by Gasteiger charge is 2.45. The Morgan fingerprint density at radius 2 is 2.00 bits per heavy atom. The maximum Gasteiger partial charge on any atom is 0.165 e. The van der Waals surface area contributed by atoms with Crippen molar-refractivity contribution in [3.8, 4) is 0 Å². The van der Waals surface area contributed by atoms with E-state index < -0.39 is 5.60 Å². The van der Waals surface area contributed by atoms with Gasteiger partial charge >= 0.3 is 0 Å². The minimum Gasteiger partial charge on any atom is -0.370 e. The highest BCUT2D eigenvalue weighted by molar-refractivity contribution is 5.88. The van der Waals surface area contributed by atoms with Crippen LogP contribution in [0.2, 0.25) is 0 Å². The topological polar surface area (TPSA) is 26.3 Å². The third-order valence-corrected chi connectivity index (χ3v) is 3.76. The van der Waals surface area contributed by atoms with Crippen LogP contribution in [-0.2, 0) is 9.53 Å². The van der Waals surface area contributed by atoms with Crippen molar-refractivity contribution in [2.24, 2.45) is 11.3 Å². The summed E-state index contributed by atoms with van der Waals surface area (Å²) in [5, 5.41) is 0. The van der Waals surface area contributed by atoms with Gasteiger partial charge in [0.25, 0.3) is 0 Å². The summed E-state index contributed by atoms with van der Waals surface area (Å²) in [6.07, 6.45) is 4.98. The van der Waals surface area contributed by atoms with Gasteiger partial charge in [-0.3, -0.25) is 4.79 Å². The lowest BCUT2D eigenvalue weighted by Crippen LogP contribution is -2.49. The zero-order valence-electron chi connectivity index (χ0n) is 11.4. The summed E-state index contributed by atoms with van der Waals surface area (Å²) in [7, 11) is 1.70. The molecule has 0 radical (unpaired) electrons. The zero-order chi connectivity index (χ0) is 12.4. The molecule has 1 fully saturated rings. The number of rotatable bonds is 3. The van der Waals surface area contributed by atoms with Crippen molar-refractivity contribution in [3.05, 3.63) is 0 Å². The summed E-state index contributed by atoms with van der Waals surface area (Å²) in [6, 6.07) is 0. The quantitative estimate of drug-likeness (QED) is 0.735. The summed E-state index contributed by atoms with van der Waals surface area (Å²) >= 11 is 0. The molecule has 0 amide bonds. The highest BCUT2D eigenvalue weighted by atomic mass is 16.5. The number of carbonyl (C=O) groups is 1.